The Balaban J connectivity index is 1.99. The van der Waals surface area contributed by atoms with Gasteiger partial charge in [-0.05, 0) is 43.2 Å². The molecule has 27 heavy (non-hydrogen) atoms. The Morgan fingerprint density at radius 3 is 2.52 bits per heavy atom. The molecule has 7 nitrogen and oxygen atoms in total. The Morgan fingerprint density at radius 1 is 1.22 bits per heavy atom. The highest BCUT2D eigenvalue weighted by Crippen LogP contribution is 2.23. The molecule has 0 aliphatic carbocycles. The minimum Gasteiger partial charge on any atom is -0.451 e. The van der Waals surface area contributed by atoms with E-state index in [2.05, 4.69) is 5.32 Å². The first-order chi connectivity index (χ1) is 12.6. The molecular weight excluding hydrogens is 388 g/mol. The standard InChI is InChI=1S/C18H22N2O5S2/c1-5-13-9-16(26-12(13)2)18(22)25-11-17(21)19-14-7-6-8-15(10-14)27(23,24)20(3)4/h6-10H,5,11H2,1-4H3,(H,19,21). The first-order valence-corrected chi connectivity index (χ1v) is 10.5. The quantitative estimate of drug-likeness (QED) is 0.709. The lowest BCUT2D eigenvalue weighted by Gasteiger charge is -2.12. The summed E-state index contributed by atoms with van der Waals surface area (Å²) in [5.74, 6) is -1.10. The van der Waals surface area contributed by atoms with Crippen molar-refractivity contribution in [3.8, 4) is 0 Å². The number of hydrogen-bond donors (Lipinski definition) is 1. The summed E-state index contributed by atoms with van der Waals surface area (Å²) in [6.45, 7) is 3.48. The van der Waals surface area contributed by atoms with E-state index in [0.29, 0.717) is 10.6 Å². The van der Waals surface area contributed by atoms with Crippen LogP contribution in [0.1, 0.15) is 27.0 Å². The van der Waals surface area contributed by atoms with Crippen molar-refractivity contribution >= 4 is 38.9 Å². The van der Waals surface area contributed by atoms with Crippen molar-refractivity contribution in [1.29, 1.82) is 0 Å². The second-order valence-electron chi connectivity index (χ2n) is 5.99. The van der Waals surface area contributed by atoms with Crippen LogP contribution in [0.25, 0.3) is 0 Å². The number of ether oxygens (including phenoxy) is 1. The summed E-state index contributed by atoms with van der Waals surface area (Å²) in [6, 6.07) is 7.65. The molecule has 0 spiro atoms. The molecule has 0 radical (unpaired) electrons. The lowest BCUT2D eigenvalue weighted by molar-refractivity contribution is -0.119. The van der Waals surface area contributed by atoms with Gasteiger partial charge in [-0.3, -0.25) is 4.79 Å². The van der Waals surface area contributed by atoms with Crippen LogP contribution < -0.4 is 5.32 Å². The van der Waals surface area contributed by atoms with Crippen molar-refractivity contribution in [1.82, 2.24) is 4.31 Å². The molecule has 2 aromatic rings. The molecular formula is C18H22N2O5S2. The van der Waals surface area contributed by atoms with Gasteiger partial charge in [-0.15, -0.1) is 11.3 Å². The van der Waals surface area contributed by atoms with E-state index in [0.717, 1.165) is 21.2 Å². The number of hydrogen-bond acceptors (Lipinski definition) is 6. The molecule has 0 unspecified atom stereocenters. The zero-order valence-corrected chi connectivity index (χ0v) is 17.2. The Labute approximate surface area is 163 Å². The van der Waals surface area contributed by atoms with Crippen LogP contribution >= 0.6 is 11.3 Å². The van der Waals surface area contributed by atoms with Crippen molar-refractivity contribution in [2.45, 2.75) is 25.2 Å². The van der Waals surface area contributed by atoms with Crippen LogP contribution in [-0.2, 0) is 26.0 Å². The third-order valence-corrected chi connectivity index (χ3v) is 6.72. The van der Waals surface area contributed by atoms with Crippen LogP contribution in [0.15, 0.2) is 35.2 Å². The molecule has 1 N–H and O–H groups in total. The van der Waals surface area contributed by atoms with Crippen LogP contribution in [-0.4, -0.2) is 45.3 Å². The third-order valence-electron chi connectivity index (χ3n) is 3.83. The molecule has 0 saturated carbocycles. The molecule has 0 saturated heterocycles. The summed E-state index contributed by atoms with van der Waals surface area (Å²) < 4.78 is 30.4. The highest BCUT2D eigenvalue weighted by Gasteiger charge is 2.18. The zero-order chi connectivity index (χ0) is 20.2. The fraction of sp³-hybridized carbons (Fsp3) is 0.333. The Hall–Kier alpha value is -2.23. The number of anilines is 1. The average molecular weight is 411 g/mol. The molecule has 0 atom stereocenters. The summed E-state index contributed by atoms with van der Waals surface area (Å²) in [5, 5.41) is 2.53. The number of rotatable bonds is 7. The van der Waals surface area contributed by atoms with Crippen molar-refractivity contribution in [3.63, 3.8) is 0 Å². The molecule has 9 heteroatoms. The SMILES string of the molecule is CCc1cc(C(=O)OCC(=O)Nc2cccc(S(=O)(=O)N(C)C)c2)sc1C. The van der Waals surface area contributed by atoms with E-state index in [-0.39, 0.29) is 4.90 Å². The molecule has 0 aliphatic heterocycles. The molecule has 0 aliphatic rings. The second kappa shape index (κ2) is 8.64. The van der Waals surface area contributed by atoms with Crippen LogP contribution in [0.3, 0.4) is 0 Å². The molecule has 1 amide bonds. The van der Waals surface area contributed by atoms with Gasteiger partial charge in [0, 0.05) is 24.7 Å². The summed E-state index contributed by atoms with van der Waals surface area (Å²) >= 11 is 1.33. The van der Waals surface area contributed by atoms with Crippen molar-refractivity contribution in [2.75, 3.05) is 26.0 Å². The fourth-order valence-corrected chi connectivity index (χ4v) is 4.27. The number of sulfonamides is 1. The van der Waals surface area contributed by atoms with E-state index in [1.165, 1.54) is 43.6 Å². The average Bonchev–Trinajstić information content (AvgIpc) is 3.00. The third kappa shape index (κ3) is 5.15. The molecule has 1 aromatic heterocycles. The van der Waals surface area contributed by atoms with Crippen LogP contribution in [0.2, 0.25) is 0 Å². The zero-order valence-electron chi connectivity index (χ0n) is 15.6. The Morgan fingerprint density at radius 2 is 1.93 bits per heavy atom. The van der Waals surface area contributed by atoms with Crippen molar-refractivity contribution < 1.29 is 22.7 Å². The highest BCUT2D eigenvalue weighted by molar-refractivity contribution is 7.89. The number of thiophene rings is 1. The van der Waals surface area contributed by atoms with Gasteiger partial charge < -0.3 is 10.1 Å². The molecule has 0 bridgehead atoms. The predicted molar refractivity (Wildman–Crippen MR) is 105 cm³/mol. The normalized spacial score (nSPS) is 11.4. The van der Waals surface area contributed by atoms with Crippen molar-refractivity contribution in [3.05, 3.63) is 45.6 Å². The maximum absolute atomic E-state index is 12.1. The number of amides is 1. The highest BCUT2D eigenvalue weighted by atomic mass is 32.2. The lowest BCUT2D eigenvalue weighted by Crippen LogP contribution is -2.23. The number of carbonyl (C=O) groups is 2. The molecule has 1 heterocycles. The smallest absolute Gasteiger partial charge is 0.348 e. The van der Waals surface area contributed by atoms with Gasteiger partial charge in [0.25, 0.3) is 5.91 Å². The van der Waals surface area contributed by atoms with Crippen LogP contribution in [0.4, 0.5) is 5.69 Å². The topological polar surface area (TPSA) is 92.8 Å². The molecule has 146 valence electrons. The van der Waals surface area contributed by atoms with Gasteiger partial charge in [-0.2, -0.15) is 0 Å². The van der Waals surface area contributed by atoms with E-state index >= 15 is 0 Å². The summed E-state index contributed by atoms with van der Waals surface area (Å²) in [6.07, 6.45) is 0.822. The number of nitrogens with zero attached hydrogens (tertiary/aromatic N) is 1. The van der Waals surface area contributed by atoms with Gasteiger partial charge in [0.1, 0.15) is 4.88 Å². The first kappa shape index (κ1) is 21.1. The predicted octanol–water partition coefficient (Wildman–Crippen LogP) is 2.66. The number of benzene rings is 1. The van der Waals surface area contributed by atoms with E-state index < -0.39 is 28.5 Å². The largest absolute Gasteiger partial charge is 0.451 e. The summed E-state index contributed by atoms with van der Waals surface area (Å²) in [7, 11) is -0.750. The van der Waals surface area contributed by atoms with Gasteiger partial charge in [0.05, 0.1) is 4.90 Å². The summed E-state index contributed by atoms with van der Waals surface area (Å²) in [4.78, 5) is 25.7. The van der Waals surface area contributed by atoms with Gasteiger partial charge in [-0.25, -0.2) is 17.5 Å². The van der Waals surface area contributed by atoms with Gasteiger partial charge in [0.15, 0.2) is 6.61 Å². The Kier molecular flexibility index (Phi) is 6.74. The fourth-order valence-electron chi connectivity index (χ4n) is 2.32. The number of nitrogens with one attached hydrogen (secondary N) is 1. The molecule has 1 aromatic carbocycles. The molecule has 0 fully saturated rings. The summed E-state index contributed by atoms with van der Waals surface area (Å²) in [5.41, 5.74) is 1.38. The number of esters is 1. The maximum Gasteiger partial charge on any atom is 0.348 e. The minimum atomic E-state index is -3.60. The number of carbonyl (C=O) groups excluding carboxylic acids is 2. The van der Waals surface area contributed by atoms with Crippen molar-refractivity contribution in [2.24, 2.45) is 0 Å². The van der Waals surface area contributed by atoms with E-state index in [1.807, 2.05) is 13.8 Å². The monoisotopic (exact) mass is 410 g/mol. The van der Waals surface area contributed by atoms with E-state index in [4.69, 9.17) is 4.74 Å². The van der Waals surface area contributed by atoms with Gasteiger partial charge in [-0.1, -0.05) is 13.0 Å². The van der Waals surface area contributed by atoms with Gasteiger partial charge in [0.2, 0.25) is 10.0 Å². The van der Waals surface area contributed by atoms with Gasteiger partial charge >= 0.3 is 5.97 Å². The van der Waals surface area contributed by atoms with Crippen LogP contribution in [0.5, 0.6) is 0 Å². The first-order valence-electron chi connectivity index (χ1n) is 8.24. The Bertz CT molecular complexity index is 948. The maximum atomic E-state index is 12.1. The number of aryl methyl sites for hydroxylation is 2. The molecule has 2 rings (SSSR count). The second-order valence-corrected chi connectivity index (χ2v) is 9.39. The van der Waals surface area contributed by atoms with E-state index in [1.54, 1.807) is 12.1 Å². The minimum absolute atomic E-state index is 0.0588. The lowest BCUT2D eigenvalue weighted by atomic mass is 10.2. The van der Waals surface area contributed by atoms with E-state index in [9.17, 15) is 18.0 Å². The van der Waals surface area contributed by atoms with Crippen LogP contribution in [0, 0.1) is 6.92 Å².